The fourth-order valence-electron chi connectivity index (χ4n) is 3.80. The Bertz CT molecular complexity index is 289. The predicted molar refractivity (Wildman–Crippen MR) is 77.7 cm³/mol. The van der Waals surface area contributed by atoms with Gasteiger partial charge in [0.05, 0.1) is 0 Å². The minimum Gasteiger partial charge on any atom is -0.329 e. The summed E-state index contributed by atoms with van der Waals surface area (Å²) in [4.78, 5) is 2.45. The Hall–Kier alpha value is -0.120. The van der Waals surface area contributed by atoms with Crippen molar-refractivity contribution in [2.75, 3.05) is 20.1 Å². The maximum Gasteiger partial charge on any atom is 0.0333 e. The Morgan fingerprint density at radius 1 is 1.28 bits per heavy atom. The predicted octanol–water partition coefficient (Wildman–Crippen LogP) is 1.97. The van der Waals surface area contributed by atoms with Crippen molar-refractivity contribution in [1.29, 1.82) is 0 Å². The van der Waals surface area contributed by atoms with Crippen LogP contribution in [0.3, 0.4) is 0 Å². The van der Waals surface area contributed by atoms with E-state index in [-0.39, 0.29) is 5.54 Å². The van der Waals surface area contributed by atoms with Crippen LogP contribution in [0.1, 0.15) is 52.9 Å². The van der Waals surface area contributed by atoms with Gasteiger partial charge in [0.1, 0.15) is 0 Å². The first-order valence-electron chi connectivity index (χ1n) is 7.54. The minimum atomic E-state index is 0.191. The largest absolute Gasteiger partial charge is 0.329 e. The number of piperidine rings is 1. The number of nitrogens with zero attached hydrogens (tertiary/aromatic N) is 1. The number of hydrogen-bond acceptors (Lipinski definition) is 3. The van der Waals surface area contributed by atoms with E-state index in [4.69, 9.17) is 5.73 Å². The molecule has 0 radical (unpaired) electrons. The summed E-state index contributed by atoms with van der Waals surface area (Å²) >= 11 is 0. The number of hydrogen-bond donors (Lipinski definition) is 2. The molecule has 3 heteroatoms. The van der Waals surface area contributed by atoms with Crippen molar-refractivity contribution in [3.8, 4) is 0 Å². The monoisotopic (exact) mass is 253 g/mol. The van der Waals surface area contributed by atoms with Crippen molar-refractivity contribution in [2.45, 2.75) is 70.5 Å². The molecule has 0 spiro atoms. The van der Waals surface area contributed by atoms with E-state index in [2.05, 4.69) is 38.0 Å². The van der Waals surface area contributed by atoms with Crippen molar-refractivity contribution in [2.24, 2.45) is 11.1 Å². The molecule has 106 valence electrons. The van der Waals surface area contributed by atoms with Gasteiger partial charge in [-0.15, -0.1) is 0 Å². The van der Waals surface area contributed by atoms with E-state index >= 15 is 0 Å². The molecule has 2 aliphatic rings. The van der Waals surface area contributed by atoms with E-state index in [0.717, 1.165) is 6.54 Å². The number of nitrogens with one attached hydrogen (secondary N) is 1. The van der Waals surface area contributed by atoms with Crippen molar-refractivity contribution in [1.82, 2.24) is 10.2 Å². The van der Waals surface area contributed by atoms with Crippen molar-refractivity contribution in [3.63, 3.8) is 0 Å². The summed E-state index contributed by atoms with van der Waals surface area (Å²) in [5.41, 5.74) is 6.82. The molecule has 18 heavy (non-hydrogen) atoms. The minimum absolute atomic E-state index is 0.191. The van der Waals surface area contributed by atoms with Crippen LogP contribution in [0.5, 0.6) is 0 Å². The highest BCUT2D eigenvalue weighted by Crippen LogP contribution is 2.38. The zero-order chi connectivity index (χ0) is 13.4. The van der Waals surface area contributed by atoms with Crippen LogP contribution in [-0.4, -0.2) is 42.7 Å². The summed E-state index contributed by atoms with van der Waals surface area (Å²) in [6.45, 7) is 9.05. The van der Waals surface area contributed by atoms with Crippen LogP contribution in [0.2, 0.25) is 0 Å². The van der Waals surface area contributed by atoms with E-state index in [0.29, 0.717) is 17.5 Å². The lowest BCUT2D eigenvalue weighted by atomic mass is 9.82. The van der Waals surface area contributed by atoms with Gasteiger partial charge in [-0.3, -0.25) is 0 Å². The normalized spacial score (nSPS) is 41.2. The molecule has 2 rings (SSSR count). The Kier molecular flexibility index (Phi) is 4.05. The molecule has 2 fully saturated rings. The van der Waals surface area contributed by atoms with E-state index in [1.807, 2.05) is 0 Å². The standard InChI is InChI=1S/C15H31N3/c1-12-9-15(11-16,7-8-18(12)4)17-13-5-6-14(2,3)10-13/h12-13,17H,5-11,16H2,1-4H3. The first-order chi connectivity index (χ1) is 8.36. The number of nitrogens with two attached hydrogens (primary N) is 1. The van der Waals surface area contributed by atoms with Crippen molar-refractivity contribution in [3.05, 3.63) is 0 Å². The Labute approximate surface area is 112 Å². The second-order valence-electron chi connectivity index (χ2n) is 7.52. The van der Waals surface area contributed by atoms with E-state index < -0.39 is 0 Å². The number of rotatable bonds is 3. The van der Waals surface area contributed by atoms with E-state index in [9.17, 15) is 0 Å². The zero-order valence-corrected chi connectivity index (χ0v) is 12.6. The van der Waals surface area contributed by atoms with E-state index in [1.165, 1.54) is 38.6 Å². The third kappa shape index (κ3) is 3.06. The molecule has 0 aromatic carbocycles. The van der Waals surface area contributed by atoms with Crippen LogP contribution in [0.4, 0.5) is 0 Å². The fraction of sp³-hybridized carbons (Fsp3) is 1.00. The second kappa shape index (κ2) is 5.10. The summed E-state index contributed by atoms with van der Waals surface area (Å²) < 4.78 is 0. The lowest BCUT2D eigenvalue weighted by Crippen LogP contribution is -2.61. The molecule has 1 aliphatic carbocycles. The first kappa shape index (κ1) is 14.3. The first-order valence-corrected chi connectivity index (χ1v) is 7.54. The smallest absolute Gasteiger partial charge is 0.0333 e. The molecule has 1 heterocycles. The molecule has 1 saturated heterocycles. The van der Waals surface area contributed by atoms with Crippen LogP contribution < -0.4 is 11.1 Å². The maximum absolute atomic E-state index is 6.11. The summed E-state index contributed by atoms with van der Waals surface area (Å²) in [6.07, 6.45) is 6.36. The highest BCUT2D eigenvalue weighted by atomic mass is 15.2. The van der Waals surface area contributed by atoms with Gasteiger partial charge in [0.15, 0.2) is 0 Å². The average molecular weight is 253 g/mol. The summed E-state index contributed by atoms with van der Waals surface area (Å²) in [7, 11) is 2.23. The molecule has 0 aromatic rings. The molecule has 0 aromatic heterocycles. The molecule has 3 nitrogen and oxygen atoms in total. The summed E-state index contributed by atoms with van der Waals surface area (Å²) in [5, 5.41) is 3.94. The van der Waals surface area contributed by atoms with Gasteiger partial charge in [-0.2, -0.15) is 0 Å². The third-order valence-electron chi connectivity index (χ3n) is 5.25. The summed E-state index contributed by atoms with van der Waals surface area (Å²) in [5.74, 6) is 0. The Morgan fingerprint density at radius 3 is 2.50 bits per heavy atom. The van der Waals surface area contributed by atoms with Gasteiger partial charge in [0.2, 0.25) is 0 Å². The molecule has 3 unspecified atom stereocenters. The van der Waals surface area contributed by atoms with Crippen LogP contribution in [-0.2, 0) is 0 Å². The SMILES string of the molecule is CC1CC(CN)(NC2CCC(C)(C)C2)CCN1C. The fourth-order valence-corrected chi connectivity index (χ4v) is 3.80. The van der Waals surface area contributed by atoms with Crippen LogP contribution in [0.25, 0.3) is 0 Å². The maximum atomic E-state index is 6.11. The second-order valence-corrected chi connectivity index (χ2v) is 7.52. The van der Waals surface area contributed by atoms with Crippen LogP contribution in [0.15, 0.2) is 0 Å². The van der Waals surface area contributed by atoms with Crippen molar-refractivity contribution < 1.29 is 0 Å². The molecule has 3 atom stereocenters. The topological polar surface area (TPSA) is 41.3 Å². The Balaban J connectivity index is 1.97. The van der Waals surface area contributed by atoms with Gasteiger partial charge in [-0.1, -0.05) is 13.8 Å². The highest BCUT2D eigenvalue weighted by molar-refractivity contribution is 5.00. The average Bonchev–Trinajstić information content (AvgIpc) is 2.63. The quantitative estimate of drug-likeness (QED) is 0.808. The molecular weight excluding hydrogens is 222 g/mol. The van der Waals surface area contributed by atoms with Gasteiger partial charge < -0.3 is 16.0 Å². The van der Waals surface area contributed by atoms with Crippen molar-refractivity contribution >= 4 is 0 Å². The third-order valence-corrected chi connectivity index (χ3v) is 5.25. The van der Waals surface area contributed by atoms with Gasteiger partial charge >= 0.3 is 0 Å². The van der Waals surface area contributed by atoms with Gasteiger partial charge in [-0.25, -0.2) is 0 Å². The lowest BCUT2D eigenvalue weighted by molar-refractivity contribution is 0.101. The number of likely N-dealkylation sites (tertiary alicyclic amines) is 1. The van der Waals surface area contributed by atoms with Gasteiger partial charge in [0.25, 0.3) is 0 Å². The van der Waals surface area contributed by atoms with Gasteiger partial charge in [-0.05, 0) is 58.0 Å². The Morgan fingerprint density at radius 2 is 2.00 bits per heavy atom. The molecule has 0 bridgehead atoms. The molecule has 0 amide bonds. The highest BCUT2D eigenvalue weighted by Gasteiger charge is 2.40. The molecule has 3 N–H and O–H groups in total. The van der Waals surface area contributed by atoms with Gasteiger partial charge in [0, 0.05) is 24.2 Å². The van der Waals surface area contributed by atoms with Crippen LogP contribution in [0, 0.1) is 5.41 Å². The molecular formula is C15H31N3. The van der Waals surface area contributed by atoms with E-state index in [1.54, 1.807) is 0 Å². The molecule has 1 aliphatic heterocycles. The lowest BCUT2D eigenvalue weighted by Gasteiger charge is -2.46. The summed E-state index contributed by atoms with van der Waals surface area (Å²) in [6, 6.07) is 1.32. The van der Waals surface area contributed by atoms with Crippen LogP contribution >= 0.6 is 0 Å². The molecule has 1 saturated carbocycles. The zero-order valence-electron chi connectivity index (χ0n) is 12.6.